The van der Waals surface area contributed by atoms with Crippen molar-refractivity contribution in [2.24, 2.45) is 0 Å². The van der Waals surface area contributed by atoms with Crippen LogP contribution in [-0.2, 0) is 14.6 Å². The average molecular weight is 222 g/mol. The fourth-order valence-corrected chi connectivity index (χ4v) is 2.07. The highest BCUT2D eigenvalue weighted by molar-refractivity contribution is 7.91. The van der Waals surface area contributed by atoms with Crippen molar-refractivity contribution >= 4 is 15.8 Å². The Morgan fingerprint density at radius 3 is 2.21 bits per heavy atom. The van der Waals surface area contributed by atoms with Gasteiger partial charge in [0.15, 0.2) is 9.84 Å². The molecule has 0 aliphatic carbocycles. The molecule has 0 saturated carbocycles. The number of rotatable bonds is 7. The van der Waals surface area contributed by atoms with Crippen molar-refractivity contribution in [3.05, 3.63) is 0 Å². The van der Waals surface area contributed by atoms with Crippen LogP contribution in [-0.4, -0.2) is 30.5 Å². The zero-order chi connectivity index (χ0) is 11.2. The van der Waals surface area contributed by atoms with Crippen LogP contribution in [0.15, 0.2) is 0 Å². The molecule has 0 aromatic carbocycles. The maximum absolute atomic E-state index is 11.3. The number of carboxylic acids is 1. The van der Waals surface area contributed by atoms with Gasteiger partial charge >= 0.3 is 5.97 Å². The zero-order valence-corrected chi connectivity index (χ0v) is 9.51. The minimum Gasteiger partial charge on any atom is -0.481 e. The summed E-state index contributed by atoms with van der Waals surface area (Å²) in [5.74, 6) is -0.652. The molecule has 0 fully saturated rings. The molecule has 0 radical (unpaired) electrons. The Morgan fingerprint density at radius 1 is 1.21 bits per heavy atom. The van der Waals surface area contributed by atoms with Crippen molar-refractivity contribution in [2.75, 3.05) is 5.75 Å². The van der Waals surface area contributed by atoms with E-state index in [1.54, 1.807) is 13.8 Å². The molecule has 0 unspecified atom stereocenters. The van der Waals surface area contributed by atoms with Crippen molar-refractivity contribution in [3.8, 4) is 0 Å². The predicted molar refractivity (Wildman–Crippen MR) is 55.0 cm³/mol. The SMILES string of the molecule is CC(C)S(=O)(=O)CCCCCC(=O)O. The van der Waals surface area contributed by atoms with Gasteiger partial charge in [0, 0.05) is 6.42 Å². The van der Waals surface area contributed by atoms with E-state index in [1.165, 1.54) is 0 Å². The van der Waals surface area contributed by atoms with Crippen molar-refractivity contribution in [3.63, 3.8) is 0 Å². The summed E-state index contributed by atoms with van der Waals surface area (Å²) in [7, 11) is -2.95. The van der Waals surface area contributed by atoms with Crippen molar-refractivity contribution in [2.45, 2.75) is 44.8 Å². The normalized spacial score (nSPS) is 11.9. The van der Waals surface area contributed by atoms with Gasteiger partial charge in [-0.25, -0.2) is 8.42 Å². The van der Waals surface area contributed by atoms with Gasteiger partial charge in [-0.2, -0.15) is 0 Å². The lowest BCUT2D eigenvalue weighted by molar-refractivity contribution is -0.137. The first kappa shape index (κ1) is 13.4. The van der Waals surface area contributed by atoms with Crippen molar-refractivity contribution in [1.29, 1.82) is 0 Å². The van der Waals surface area contributed by atoms with Crippen LogP contribution in [0.5, 0.6) is 0 Å². The van der Waals surface area contributed by atoms with Gasteiger partial charge in [-0.05, 0) is 26.7 Å². The number of hydrogen-bond acceptors (Lipinski definition) is 3. The Morgan fingerprint density at radius 2 is 1.79 bits per heavy atom. The molecule has 0 aliphatic heterocycles. The van der Waals surface area contributed by atoms with Gasteiger partial charge in [0.05, 0.1) is 11.0 Å². The lowest BCUT2D eigenvalue weighted by atomic mass is 10.2. The van der Waals surface area contributed by atoms with E-state index in [9.17, 15) is 13.2 Å². The molecule has 0 rings (SSSR count). The summed E-state index contributed by atoms with van der Waals surface area (Å²) in [4.78, 5) is 10.1. The Hall–Kier alpha value is -0.580. The lowest BCUT2D eigenvalue weighted by Gasteiger charge is -2.06. The molecular formula is C9H18O4S. The summed E-state index contributed by atoms with van der Waals surface area (Å²) in [6.45, 7) is 3.32. The number of aliphatic carboxylic acids is 1. The molecule has 0 heterocycles. The maximum atomic E-state index is 11.3. The number of sulfone groups is 1. The quantitative estimate of drug-likeness (QED) is 0.662. The summed E-state index contributed by atoms with van der Waals surface area (Å²) >= 11 is 0. The van der Waals surface area contributed by atoms with Gasteiger partial charge in [0.2, 0.25) is 0 Å². The largest absolute Gasteiger partial charge is 0.481 e. The Kier molecular flexibility index (Phi) is 5.76. The van der Waals surface area contributed by atoms with Gasteiger partial charge in [-0.1, -0.05) is 6.42 Å². The van der Waals surface area contributed by atoms with E-state index in [0.717, 1.165) is 0 Å². The fourth-order valence-electron chi connectivity index (χ4n) is 0.992. The molecule has 5 heteroatoms. The van der Waals surface area contributed by atoms with Crippen LogP contribution in [0.3, 0.4) is 0 Å². The third kappa shape index (κ3) is 5.96. The molecule has 0 aromatic rings. The molecule has 84 valence electrons. The second-order valence-electron chi connectivity index (χ2n) is 3.62. The summed E-state index contributed by atoms with van der Waals surface area (Å²) in [5.41, 5.74) is 0. The van der Waals surface area contributed by atoms with Crippen LogP contribution in [0, 0.1) is 0 Å². The van der Waals surface area contributed by atoms with Crippen LogP contribution in [0.4, 0.5) is 0 Å². The molecule has 14 heavy (non-hydrogen) atoms. The van der Waals surface area contributed by atoms with Crippen LogP contribution in [0.1, 0.15) is 39.5 Å². The molecule has 0 aliphatic rings. The maximum Gasteiger partial charge on any atom is 0.303 e. The lowest BCUT2D eigenvalue weighted by Crippen LogP contribution is -2.17. The summed E-state index contributed by atoms with van der Waals surface area (Å²) in [5, 5.41) is 8.01. The highest BCUT2D eigenvalue weighted by Gasteiger charge is 2.14. The van der Waals surface area contributed by atoms with E-state index in [4.69, 9.17) is 5.11 Å². The highest BCUT2D eigenvalue weighted by Crippen LogP contribution is 2.07. The first-order valence-corrected chi connectivity index (χ1v) is 6.51. The third-order valence-corrected chi connectivity index (χ3v) is 4.33. The number of carboxylic acid groups (broad SMARTS) is 1. The minimum atomic E-state index is -2.95. The van der Waals surface area contributed by atoms with E-state index in [0.29, 0.717) is 19.3 Å². The predicted octanol–water partition coefficient (Wildman–Crippen LogP) is 1.45. The summed E-state index contributed by atoms with van der Waals surface area (Å²) in [6.07, 6.45) is 1.91. The minimum absolute atomic E-state index is 0.127. The standard InChI is InChI=1S/C9H18O4S/c1-8(2)14(12,13)7-5-3-4-6-9(10)11/h8H,3-7H2,1-2H3,(H,10,11). The summed E-state index contributed by atoms with van der Waals surface area (Å²) in [6, 6.07) is 0. The molecule has 0 aromatic heterocycles. The van der Waals surface area contributed by atoms with Gasteiger partial charge < -0.3 is 5.11 Å². The smallest absolute Gasteiger partial charge is 0.303 e. The first-order chi connectivity index (χ1) is 6.36. The topological polar surface area (TPSA) is 71.4 Å². The highest BCUT2D eigenvalue weighted by atomic mass is 32.2. The second kappa shape index (κ2) is 6.01. The molecule has 0 spiro atoms. The van der Waals surface area contributed by atoms with Crippen LogP contribution in [0.25, 0.3) is 0 Å². The van der Waals surface area contributed by atoms with Crippen LogP contribution >= 0.6 is 0 Å². The van der Waals surface area contributed by atoms with E-state index in [-0.39, 0.29) is 17.4 Å². The number of carbonyl (C=O) groups is 1. The molecule has 1 N–H and O–H groups in total. The van der Waals surface area contributed by atoms with Crippen molar-refractivity contribution < 1.29 is 18.3 Å². The van der Waals surface area contributed by atoms with Crippen LogP contribution in [0.2, 0.25) is 0 Å². The molecule has 0 bridgehead atoms. The second-order valence-corrected chi connectivity index (χ2v) is 6.30. The average Bonchev–Trinajstić information content (AvgIpc) is 2.02. The fraction of sp³-hybridized carbons (Fsp3) is 0.889. The van der Waals surface area contributed by atoms with Crippen molar-refractivity contribution in [1.82, 2.24) is 0 Å². The van der Waals surface area contributed by atoms with E-state index in [2.05, 4.69) is 0 Å². The van der Waals surface area contributed by atoms with E-state index < -0.39 is 15.8 Å². The molecular weight excluding hydrogens is 204 g/mol. The van der Waals surface area contributed by atoms with Crippen LogP contribution < -0.4 is 0 Å². The summed E-state index contributed by atoms with van der Waals surface area (Å²) < 4.78 is 22.6. The zero-order valence-electron chi connectivity index (χ0n) is 8.69. The van der Waals surface area contributed by atoms with Gasteiger partial charge in [0.25, 0.3) is 0 Å². The monoisotopic (exact) mass is 222 g/mol. The van der Waals surface area contributed by atoms with Gasteiger partial charge in [-0.15, -0.1) is 0 Å². The molecule has 0 atom stereocenters. The van der Waals surface area contributed by atoms with E-state index in [1.807, 2.05) is 0 Å². The molecule has 0 amide bonds. The number of unbranched alkanes of at least 4 members (excludes halogenated alkanes) is 2. The van der Waals surface area contributed by atoms with Gasteiger partial charge in [0.1, 0.15) is 0 Å². The number of hydrogen-bond donors (Lipinski definition) is 1. The Bertz CT molecular complexity index is 267. The molecule has 4 nitrogen and oxygen atoms in total. The Labute approximate surface area is 85.2 Å². The molecule has 0 saturated heterocycles. The Balaban J connectivity index is 3.60. The van der Waals surface area contributed by atoms with Gasteiger partial charge in [-0.3, -0.25) is 4.79 Å². The first-order valence-electron chi connectivity index (χ1n) is 4.79. The third-order valence-electron chi connectivity index (χ3n) is 2.04. The van der Waals surface area contributed by atoms with E-state index >= 15 is 0 Å².